The van der Waals surface area contributed by atoms with Gasteiger partial charge >= 0.3 is 0 Å². The monoisotopic (exact) mass is 232 g/mol. The molecule has 1 aliphatic rings. The van der Waals surface area contributed by atoms with Gasteiger partial charge in [-0.15, -0.1) is 11.8 Å². The summed E-state index contributed by atoms with van der Waals surface area (Å²) in [6.45, 7) is 4.55. The van der Waals surface area contributed by atoms with E-state index in [-0.39, 0.29) is 18.4 Å². The van der Waals surface area contributed by atoms with Crippen LogP contribution in [0, 0.1) is 5.92 Å². The molecule has 2 amide bonds. The molecule has 1 aliphatic heterocycles. The van der Waals surface area contributed by atoms with Crippen LogP contribution in [0.15, 0.2) is 0 Å². The van der Waals surface area contributed by atoms with Gasteiger partial charge in [0.05, 0.1) is 18.2 Å². The Morgan fingerprint density at radius 1 is 1.67 bits per heavy atom. The molecule has 0 aromatic heterocycles. The molecule has 1 N–H and O–H groups in total. The van der Waals surface area contributed by atoms with Crippen molar-refractivity contribution in [2.24, 2.45) is 5.92 Å². The van der Waals surface area contributed by atoms with Crippen molar-refractivity contribution in [3.05, 3.63) is 0 Å². The van der Waals surface area contributed by atoms with E-state index in [4.69, 9.17) is 4.84 Å². The Bertz CT molecular complexity index is 246. The molecule has 1 saturated heterocycles. The van der Waals surface area contributed by atoms with Crippen LogP contribution in [0.25, 0.3) is 0 Å². The number of thioether (sulfide) groups is 1. The van der Waals surface area contributed by atoms with E-state index in [0.717, 1.165) is 0 Å². The van der Waals surface area contributed by atoms with Crippen molar-refractivity contribution in [1.82, 2.24) is 10.4 Å². The van der Waals surface area contributed by atoms with E-state index in [1.165, 1.54) is 16.7 Å². The maximum absolute atomic E-state index is 11.3. The Hall–Kier alpha value is -0.750. The third-order valence-corrected chi connectivity index (χ3v) is 2.71. The number of hydrogen-bond donors (Lipinski definition) is 1. The van der Waals surface area contributed by atoms with Gasteiger partial charge in [-0.2, -0.15) is 0 Å². The summed E-state index contributed by atoms with van der Waals surface area (Å²) in [5, 5.41) is 0. The largest absolute Gasteiger partial charge is 0.323 e. The van der Waals surface area contributed by atoms with Crippen molar-refractivity contribution in [2.45, 2.75) is 13.8 Å². The van der Waals surface area contributed by atoms with Crippen molar-refractivity contribution < 1.29 is 14.4 Å². The molecule has 0 aromatic carbocycles. The van der Waals surface area contributed by atoms with Crippen molar-refractivity contribution in [3.63, 3.8) is 0 Å². The van der Waals surface area contributed by atoms with E-state index in [2.05, 4.69) is 5.48 Å². The van der Waals surface area contributed by atoms with Crippen molar-refractivity contribution >= 4 is 23.6 Å². The van der Waals surface area contributed by atoms with Gasteiger partial charge in [0, 0.05) is 0 Å². The molecule has 0 bridgehead atoms. The third-order valence-electron chi connectivity index (χ3n) is 1.76. The van der Waals surface area contributed by atoms with E-state index in [9.17, 15) is 9.59 Å². The smallest absolute Gasteiger partial charge is 0.263 e. The molecule has 1 fully saturated rings. The Kier molecular flexibility index (Phi) is 4.90. The van der Waals surface area contributed by atoms with Crippen molar-refractivity contribution in [3.8, 4) is 0 Å². The maximum atomic E-state index is 11.3. The van der Waals surface area contributed by atoms with Crippen LogP contribution >= 0.6 is 11.8 Å². The molecule has 0 aliphatic carbocycles. The number of carbonyl (C=O) groups excluding carboxylic acids is 2. The maximum Gasteiger partial charge on any atom is 0.263 e. The molecule has 0 saturated carbocycles. The first-order valence-electron chi connectivity index (χ1n) is 4.85. The lowest BCUT2D eigenvalue weighted by Gasteiger charge is -2.14. The first-order chi connectivity index (χ1) is 7.09. The van der Waals surface area contributed by atoms with Gasteiger partial charge in [-0.05, 0) is 5.92 Å². The standard InChI is InChI=1S/C9H16N2O3S/c1-7(2)4-14-10-8(12)3-11-6-15-5-9(11)13/h7H,3-6H2,1-2H3,(H,10,12). The van der Waals surface area contributed by atoms with Crippen LogP contribution in [0.1, 0.15) is 13.8 Å². The number of nitrogens with one attached hydrogen (secondary N) is 1. The minimum Gasteiger partial charge on any atom is -0.323 e. The number of amides is 2. The molecule has 0 unspecified atom stereocenters. The summed E-state index contributed by atoms with van der Waals surface area (Å²) in [5.74, 6) is 1.18. The van der Waals surface area contributed by atoms with E-state index >= 15 is 0 Å². The molecule has 15 heavy (non-hydrogen) atoms. The molecule has 1 heterocycles. The van der Waals surface area contributed by atoms with E-state index < -0.39 is 0 Å². The molecule has 0 radical (unpaired) electrons. The number of hydroxylamine groups is 1. The second-order valence-electron chi connectivity index (χ2n) is 3.80. The number of nitrogens with zero attached hydrogens (tertiary/aromatic N) is 1. The zero-order chi connectivity index (χ0) is 11.3. The van der Waals surface area contributed by atoms with Crippen LogP contribution in [0.4, 0.5) is 0 Å². The number of rotatable bonds is 5. The van der Waals surface area contributed by atoms with Gasteiger partial charge in [-0.3, -0.25) is 14.4 Å². The molecule has 86 valence electrons. The minimum absolute atomic E-state index is 0.0130. The Labute approximate surface area is 93.5 Å². The predicted octanol–water partition coefficient (Wildman–Crippen LogP) is 0.223. The van der Waals surface area contributed by atoms with Gasteiger partial charge in [-0.1, -0.05) is 13.8 Å². The average molecular weight is 232 g/mol. The van der Waals surface area contributed by atoms with Crippen molar-refractivity contribution in [1.29, 1.82) is 0 Å². The zero-order valence-electron chi connectivity index (χ0n) is 8.99. The number of hydrogen-bond acceptors (Lipinski definition) is 4. The Morgan fingerprint density at radius 3 is 2.93 bits per heavy atom. The van der Waals surface area contributed by atoms with Gasteiger partial charge in [0.1, 0.15) is 6.54 Å². The van der Waals surface area contributed by atoms with Gasteiger partial charge in [0.15, 0.2) is 0 Å². The summed E-state index contributed by atoms with van der Waals surface area (Å²) >= 11 is 1.52. The Balaban J connectivity index is 2.15. The lowest BCUT2D eigenvalue weighted by molar-refractivity contribution is -0.140. The van der Waals surface area contributed by atoms with Gasteiger partial charge in [-0.25, -0.2) is 5.48 Å². The molecular formula is C9H16N2O3S. The fraction of sp³-hybridized carbons (Fsp3) is 0.778. The highest BCUT2D eigenvalue weighted by atomic mass is 32.2. The topological polar surface area (TPSA) is 58.6 Å². The highest BCUT2D eigenvalue weighted by molar-refractivity contribution is 8.00. The molecule has 0 spiro atoms. The van der Waals surface area contributed by atoms with Crippen LogP contribution in [0.3, 0.4) is 0 Å². The summed E-state index contributed by atoms with van der Waals surface area (Å²) in [5.41, 5.74) is 2.32. The fourth-order valence-electron chi connectivity index (χ4n) is 1.03. The van der Waals surface area contributed by atoms with Crippen LogP contribution < -0.4 is 5.48 Å². The van der Waals surface area contributed by atoms with E-state index in [1.807, 2.05) is 13.8 Å². The summed E-state index contributed by atoms with van der Waals surface area (Å²) in [6.07, 6.45) is 0. The average Bonchev–Trinajstić information content (AvgIpc) is 2.51. The summed E-state index contributed by atoms with van der Waals surface area (Å²) < 4.78 is 0. The Morgan fingerprint density at radius 2 is 2.40 bits per heavy atom. The summed E-state index contributed by atoms with van der Waals surface area (Å²) in [4.78, 5) is 28.9. The zero-order valence-corrected chi connectivity index (χ0v) is 9.80. The van der Waals surface area contributed by atoms with Crippen LogP contribution in [-0.2, 0) is 14.4 Å². The number of carbonyl (C=O) groups is 2. The SMILES string of the molecule is CC(C)CONC(=O)CN1CSCC1=O. The lowest BCUT2D eigenvalue weighted by Crippen LogP contribution is -2.38. The predicted molar refractivity (Wildman–Crippen MR) is 58.0 cm³/mol. The highest BCUT2D eigenvalue weighted by Gasteiger charge is 2.22. The molecule has 5 nitrogen and oxygen atoms in total. The first kappa shape index (κ1) is 12.3. The normalized spacial score (nSPS) is 16.2. The van der Waals surface area contributed by atoms with Gasteiger partial charge in [0.25, 0.3) is 5.91 Å². The minimum atomic E-state index is -0.272. The van der Waals surface area contributed by atoms with Gasteiger partial charge in [0.2, 0.25) is 5.91 Å². The molecule has 1 rings (SSSR count). The van der Waals surface area contributed by atoms with E-state index in [0.29, 0.717) is 24.2 Å². The molecule has 6 heteroatoms. The van der Waals surface area contributed by atoms with Crippen molar-refractivity contribution in [2.75, 3.05) is 24.8 Å². The van der Waals surface area contributed by atoms with Crippen LogP contribution in [0.2, 0.25) is 0 Å². The van der Waals surface area contributed by atoms with Crippen LogP contribution in [-0.4, -0.2) is 41.5 Å². The van der Waals surface area contributed by atoms with Gasteiger partial charge < -0.3 is 4.90 Å². The summed E-state index contributed by atoms with van der Waals surface area (Å²) in [6, 6.07) is 0. The highest BCUT2D eigenvalue weighted by Crippen LogP contribution is 2.13. The second kappa shape index (κ2) is 5.97. The second-order valence-corrected chi connectivity index (χ2v) is 4.75. The molecule has 0 atom stereocenters. The molecule has 0 aromatic rings. The lowest BCUT2D eigenvalue weighted by atomic mass is 10.2. The fourth-order valence-corrected chi connectivity index (χ4v) is 1.94. The van der Waals surface area contributed by atoms with Crippen LogP contribution in [0.5, 0.6) is 0 Å². The summed E-state index contributed by atoms with van der Waals surface area (Å²) in [7, 11) is 0. The van der Waals surface area contributed by atoms with E-state index in [1.54, 1.807) is 0 Å². The third kappa shape index (κ3) is 4.53. The quantitative estimate of drug-likeness (QED) is 0.689. The first-order valence-corrected chi connectivity index (χ1v) is 6.01. The molecular weight excluding hydrogens is 216 g/mol.